The van der Waals surface area contributed by atoms with Crippen LogP contribution in [-0.4, -0.2) is 64.7 Å². The fourth-order valence-electron chi connectivity index (χ4n) is 4.14. The largest absolute Gasteiger partial charge is 0.496 e. The third-order valence-corrected chi connectivity index (χ3v) is 6.23. The van der Waals surface area contributed by atoms with Crippen molar-refractivity contribution in [3.05, 3.63) is 76.1 Å². The molecular formula is C25H27ClN4O3. The molecule has 1 fully saturated rings. The zero-order chi connectivity index (χ0) is 23.5. The summed E-state index contributed by atoms with van der Waals surface area (Å²) >= 11 is 6.13. The second-order valence-electron chi connectivity index (χ2n) is 8.02. The Balaban J connectivity index is 1.46. The van der Waals surface area contributed by atoms with Crippen LogP contribution in [0.25, 0.3) is 5.69 Å². The van der Waals surface area contributed by atoms with Crippen molar-refractivity contribution in [3.63, 3.8) is 0 Å². The van der Waals surface area contributed by atoms with Crippen molar-refractivity contribution in [1.82, 2.24) is 19.6 Å². The Labute approximate surface area is 198 Å². The lowest BCUT2D eigenvalue weighted by Crippen LogP contribution is -2.50. The fraction of sp³-hybridized carbons (Fsp3) is 0.320. The summed E-state index contributed by atoms with van der Waals surface area (Å²) in [5.41, 5.74) is 3.82. The number of nitrogens with zero attached hydrogens (tertiary/aromatic N) is 4. The molecule has 0 atom stereocenters. The quantitative estimate of drug-likeness (QED) is 0.570. The molecular weight excluding hydrogens is 440 g/mol. The Morgan fingerprint density at radius 3 is 2.36 bits per heavy atom. The van der Waals surface area contributed by atoms with Crippen LogP contribution in [0.5, 0.6) is 5.75 Å². The molecule has 4 rings (SSSR count). The van der Waals surface area contributed by atoms with E-state index < -0.39 is 0 Å². The molecule has 0 saturated carbocycles. The van der Waals surface area contributed by atoms with Gasteiger partial charge in [0.05, 0.1) is 30.3 Å². The van der Waals surface area contributed by atoms with Gasteiger partial charge >= 0.3 is 0 Å². The van der Waals surface area contributed by atoms with Crippen molar-refractivity contribution < 1.29 is 14.3 Å². The number of amides is 2. The predicted molar refractivity (Wildman–Crippen MR) is 127 cm³/mol. The van der Waals surface area contributed by atoms with Gasteiger partial charge in [-0.2, -0.15) is 5.10 Å². The molecule has 1 aliphatic heterocycles. The molecule has 33 heavy (non-hydrogen) atoms. The summed E-state index contributed by atoms with van der Waals surface area (Å²) in [7, 11) is 1.60. The highest BCUT2D eigenvalue weighted by Crippen LogP contribution is 2.22. The lowest BCUT2D eigenvalue weighted by molar-refractivity contribution is 0.0534. The molecule has 2 heterocycles. The lowest BCUT2D eigenvalue weighted by atomic mass is 10.1. The van der Waals surface area contributed by atoms with Gasteiger partial charge in [0.1, 0.15) is 5.75 Å². The molecule has 0 bridgehead atoms. The molecule has 7 nitrogen and oxygen atoms in total. The summed E-state index contributed by atoms with van der Waals surface area (Å²) in [6, 6.07) is 12.9. The van der Waals surface area contributed by atoms with Crippen molar-refractivity contribution in [2.45, 2.75) is 20.3 Å². The summed E-state index contributed by atoms with van der Waals surface area (Å²) in [6.07, 6.45) is 2.28. The van der Waals surface area contributed by atoms with E-state index in [-0.39, 0.29) is 11.8 Å². The number of carbonyl (C=O) groups excluding carboxylic acids is 2. The first kappa shape index (κ1) is 22.9. The van der Waals surface area contributed by atoms with E-state index in [1.165, 1.54) is 0 Å². The molecule has 8 heteroatoms. The van der Waals surface area contributed by atoms with Gasteiger partial charge in [0.25, 0.3) is 11.8 Å². The summed E-state index contributed by atoms with van der Waals surface area (Å²) in [5, 5.41) is 5.07. The zero-order valence-electron chi connectivity index (χ0n) is 19.0. The van der Waals surface area contributed by atoms with Gasteiger partial charge in [0.2, 0.25) is 0 Å². The van der Waals surface area contributed by atoms with Gasteiger partial charge in [-0.05, 0) is 49.2 Å². The Hall–Kier alpha value is -3.32. The second kappa shape index (κ2) is 9.67. The number of hydrogen-bond acceptors (Lipinski definition) is 4. The normalized spacial score (nSPS) is 13.8. The Kier molecular flexibility index (Phi) is 6.70. The maximum Gasteiger partial charge on any atom is 0.257 e. The molecule has 0 aliphatic carbocycles. The van der Waals surface area contributed by atoms with Crippen molar-refractivity contribution in [3.8, 4) is 11.4 Å². The minimum Gasteiger partial charge on any atom is -0.496 e. The van der Waals surface area contributed by atoms with Crippen LogP contribution in [0.15, 0.2) is 48.7 Å². The summed E-state index contributed by atoms with van der Waals surface area (Å²) in [4.78, 5) is 29.8. The van der Waals surface area contributed by atoms with Crippen molar-refractivity contribution in [2.75, 3.05) is 33.3 Å². The van der Waals surface area contributed by atoms with E-state index in [0.29, 0.717) is 54.5 Å². The van der Waals surface area contributed by atoms with Gasteiger partial charge in [-0.25, -0.2) is 4.68 Å². The average molecular weight is 467 g/mol. The highest BCUT2D eigenvalue weighted by atomic mass is 35.5. The topological polar surface area (TPSA) is 67.7 Å². The number of benzene rings is 2. The number of aromatic nitrogens is 2. The van der Waals surface area contributed by atoms with E-state index >= 15 is 0 Å². The van der Waals surface area contributed by atoms with Gasteiger partial charge < -0.3 is 14.5 Å². The van der Waals surface area contributed by atoms with E-state index in [1.807, 2.05) is 44.2 Å². The van der Waals surface area contributed by atoms with Gasteiger partial charge in [0, 0.05) is 36.8 Å². The number of aryl methyl sites for hydroxylation is 1. The number of rotatable bonds is 5. The maximum absolute atomic E-state index is 13.3. The van der Waals surface area contributed by atoms with E-state index in [9.17, 15) is 9.59 Å². The molecule has 2 amide bonds. The van der Waals surface area contributed by atoms with E-state index in [0.717, 1.165) is 16.9 Å². The number of carbonyl (C=O) groups is 2. The van der Waals surface area contributed by atoms with Crippen LogP contribution in [0.3, 0.4) is 0 Å². The average Bonchev–Trinajstić information content (AvgIpc) is 3.28. The summed E-state index contributed by atoms with van der Waals surface area (Å²) in [6.45, 7) is 5.84. The summed E-state index contributed by atoms with van der Waals surface area (Å²) < 4.78 is 7.11. The fourth-order valence-corrected chi connectivity index (χ4v) is 4.33. The minimum atomic E-state index is -0.0655. The zero-order valence-corrected chi connectivity index (χ0v) is 19.8. The van der Waals surface area contributed by atoms with Crippen molar-refractivity contribution in [2.24, 2.45) is 0 Å². The predicted octanol–water partition coefficient (Wildman–Crippen LogP) is 4.00. The van der Waals surface area contributed by atoms with Gasteiger partial charge in [-0.15, -0.1) is 0 Å². The van der Waals surface area contributed by atoms with Gasteiger partial charge in [0.15, 0.2) is 0 Å². The van der Waals surface area contributed by atoms with Gasteiger partial charge in [-0.3, -0.25) is 9.59 Å². The van der Waals surface area contributed by atoms with Crippen LogP contribution in [-0.2, 0) is 6.42 Å². The van der Waals surface area contributed by atoms with E-state index in [1.54, 1.807) is 39.9 Å². The summed E-state index contributed by atoms with van der Waals surface area (Å²) in [5.74, 6) is 0.575. The molecule has 1 saturated heterocycles. The number of hydrogen-bond donors (Lipinski definition) is 0. The first-order chi connectivity index (χ1) is 15.9. The SMILES string of the molecule is CCc1c(C(=O)N2CCN(C(=O)c3ccc(C)c(OC)c3)CC2)cnn1-c1cccc(Cl)c1. The van der Waals surface area contributed by atoms with Crippen molar-refractivity contribution >= 4 is 23.4 Å². The van der Waals surface area contributed by atoms with Crippen LogP contribution in [0.4, 0.5) is 0 Å². The van der Waals surface area contributed by atoms with Crippen molar-refractivity contribution in [1.29, 1.82) is 0 Å². The molecule has 0 unspecified atom stereocenters. The van der Waals surface area contributed by atoms with Crippen LogP contribution in [0.2, 0.25) is 5.02 Å². The maximum atomic E-state index is 13.3. The number of ether oxygens (including phenoxy) is 1. The van der Waals surface area contributed by atoms with Crippen LogP contribution >= 0.6 is 11.6 Å². The van der Waals surface area contributed by atoms with Gasteiger partial charge in [-0.1, -0.05) is 30.7 Å². The first-order valence-corrected chi connectivity index (χ1v) is 11.4. The van der Waals surface area contributed by atoms with Crippen LogP contribution in [0.1, 0.15) is 38.9 Å². The highest BCUT2D eigenvalue weighted by Gasteiger charge is 2.28. The smallest absolute Gasteiger partial charge is 0.257 e. The van der Waals surface area contributed by atoms with E-state index in [4.69, 9.17) is 16.3 Å². The second-order valence-corrected chi connectivity index (χ2v) is 8.46. The molecule has 172 valence electrons. The van der Waals surface area contributed by atoms with E-state index in [2.05, 4.69) is 5.10 Å². The standard InChI is InChI=1S/C25H27ClN4O3/c1-4-22-21(16-27-30(22)20-7-5-6-19(26)15-20)25(32)29-12-10-28(11-13-29)24(31)18-9-8-17(2)23(14-18)33-3/h5-9,14-16H,4,10-13H2,1-3H3. The molecule has 1 aliphatic rings. The molecule has 3 aromatic rings. The Morgan fingerprint density at radius 1 is 1.03 bits per heavy atom. The lowest BCUT2D eigenvalue weighted by Gasteiger charge is -2.35. The highest BCUT2D eigenvalue weighted by molar-refractivity contribution is 6.30. The number of piperazine rings is 1. The monoisotopic (exact) mass is 466 g/mol. The van der Waals surface area contributed by atoms with Crippen LogP contribution < -0.4 is 4.74 Å². The minimum absolute atomic E-state index is 0.0524. The number of methoxy groups -OCH3 is 1. The Bertz CT molecular complexity index is 1180. The third kappa shape index (κ3) is 4.59. The first-order valence-electron chi connectivity index (χ1n) is 11.0. The molecule has 0 N–H and O–H groups in total. The molecule has 0 radical (unpaired) electrons. The third-order valence-electron chi connectivity index (χ3n) is 6.00. The number of halogens is 1. The van der Waals surface area contributed by atoms with Crippen LogP contribution in [0, 0.1) is 6.92 Å². The Morgan fingerprint density at radius 2 is 1.73 bits per heavy atom. The molecule has 1 aromatic heterocycles. The molecule has 0 spiro atoms. The molecule has 2 aromatic carbocycles.